The average molecular weight is 598 g/mol. The van der Waals surface area contributed by atoms with Gasteiger partial charge in [-0.15, -0.1) is 10.2 Å². The molecule has 9 nitrogen and oxygen atoms in total. The summed E-state index contributed by atoms with van der Waals surface area (Å²) in [4.78, 5) is 4.91. The van der Waals surface area contributed by atoms with E-state index in [2.05, 4.69) is 56.6 Å². The molecule has 2 aliphatic heterocycles. The number of fused-ring (bicyclic) bond motifs is 1. The van der Waals surface area contributed by atoms with Gasteiger partial charge in [0.2, 0.25) is 0 Å². The molecule has 3 aliphatic rings. The molecule has 0 bridgehead atoms. The van der Waals surface area contributed by atoms with Crippen molar-refractivity contribution in [1.29, 1.82) is 0 Å². The maximum atomic E-state index is 5.99. The standard InChI is InChI=1S/C35H43N5O4/c1-41-29-12-8-27(9-13-29)34-32-5-3-4-31(42-2)24-33(32)35(38-37-34)36-28-14-16-40(17-15-28)25-26-6-10-30(11-7-26)44-23-20-39-18-21-43-22-19-39/h3-13,24,28,31H,14-23,25H2,1-2H3,(H,36,38). The number of hydrogen-bond donors (Lipinski definition) is 1. The van der Waals surface area contributed by atoms with Crippen LogP contribution in [-0.4, -0.2) is 98.9 Å². The van der Waals surface area contributed by atoms with E-state index in [1.807, 2.05) is 36.4 Å². The number of benzene rings is 2. The van der Waals surface area contributed by atoms with Crippen molar-refractivity contribution in [3.63, 3.8) is 0 Å². The Morgan fingerprint density at radius 2 is 1.61 bits per heavy atom. The third-order valence-electron chi connectivity index (χ3n) is 8.62. The summed E-state index contributed by atoms with van der Waals surface area (Å²) in [5.74, 6) is 2.55. The highest BCUT2D eigenvalue weighted by molar-refractivity contribution is 5.67. The van der Waals surface area contributed by atoms with E-state index in [1.54, 1.807) is 14.2 Å². The maximum absolute atomic E-state index is 5.99. The first-order valence-corrected chi connectivity index (χ1v) is 15.6. The molecule has 1 unspecified atom stereocenters. The first-order chi connectivity index (χ1) is 21.7. The van der Waals surface area contributed by atoms with E-state index in [9.17, 15) is 0 Å². The Labute approximate surface area is 259 Å². The van der Waals surface area contributed by atoms with Crippen molar-refractivity contribution in [3.8, 4) is 22.8 Å². The number of allylic oxidation sites excluding steroid dienone is 1. The van der Waals surface area contributed by atoms with E-state index in [1.165, 1.54) is 5.56 Å². The van der Waals surface area contributed by atoms with Crippen molar-refractivity contribution in [2.45, 2.75) is 31.5 Å². The highest BCUT2D eigenvalue weighted by atomic mass is 16.5. The van der Waals surface area contributed by atoms with E-state index in [0.717, 1.165) is 104 Å². The second kappa shape index (κ2) is 14.8. The van der Waals surface area contributed by atoms with Crippen molar-refractivity contribution in [1.82, 2.24) is 20.0 Å². The van der Waals surface area contributed by atoms with Crippen LogP contribution in [0.3, 0.4) is 0 Å². The van der Waals surface area contributed by atoms with E-state index in [0.29, 0.717) is 12.6 Å². The lowest BCUT2D eigenvalue weighted by Crippen LogP contribution is -2.41. The highest BCUT2D eigenvalue weighted by Gasteiger charge is 2.21. The van der Waals surface area contributed by atoms with Crippen LogP contribution in [0.1, 0.15) is 18.4 Å². The Kier molecular flexibility index (Phi) is 10.2. The van der Waals surface area contributed by atoms with Gasteiger partial charge in [-0.05, 0) is 60.9 Å². The molecule has 0 saturated carbocycles. The topological polar surface area (TPSA) is 81.2 Å². The zero-order valence-corrected chi connectivity index (χ0v) is 25.8. The molecule has 44 heavy (non-hydrogen) atoms. The number of nitrogens with zero attached hydrogens (tertiary/aromatic N) is 4. The lowest BCUT2D eigenvalue weighted by molar-refractivity contribution is 0.0322. The molecular formula is C35H43N5O4. The zero-order valence-electron chi connectivity index (χ0n) is 25.8. The van der Waals surface area contributed by atoms with Gasteiger partial charge in [0.25, 0.3) is 0 Å². The van der Waals surface area contributed by atoms with Gasteiger partial charge < -0.3 is 24.3 Å². The number of aromatic nitrogens is 2. The molecule has 1 atom stereocenters. The van der Waals surface area contributed by atoms with Crippen LogP contribution in [0.4, 0.5) is 5.82 Å². The Bertz CT molecular complexity index is 1510. The van der Waals surface area contributed by atoms with Gasteiger partial charge in [-0.3, -0.25) is 9.80 Å². The third kappa shape index (κ3) is 7.65. The van der Waals surface area contributed by atoms with Crippen molar-refractivity contribution in [2.24, 2.45) is 0 Å². The Hall–Kier alpha value is -3.76. The second-order valence-electron chi connectivity index (χ2n) is 11.5. The molecule has 6 rings (SSSR count). The van der Waals surface area contributed by atoms with Gasteiger partial charge in [0.05, 0.1) is 26.4 Å². The first-order valence-electron chi connectivity index (χ1n) is 15.6. The zero-order chi connectivity index (χ0) is 30.1. The number of hydrogen-bond acceptors (Lipinski definition) is 9. The van der Waals surface area contributed by atoms with E-state index in [-0.39, 0.29) is 6.10 Å². The van der Waals surface area contributed by atoms with Gasteiger partial charge in [-0.2, -0.15) is 0 Å². The normalized spacial score (nSPS) is 19.4. The van der Waals surface area contributed by atoms with Crippen molar-refractivity contribution >= 4 is 18.0 Å². The van der Waals surface area contributed by atoms with Gasteiger partial charge in [0.1, 0.15) is 23.8 Å². The fraction of sp³-hybridized carbons (Fsp3) is 0.429. The van der Waals surface area contributed by atoms with Gasteiger partial charge in [0.15, 0.2) is 5.82 Å². The SMILES string of the molecule is COc1ccc(-c2nnc(NC3CCN(Cc4ccc(OCCN5CCOCC5)cc4)CC3)c3c2=CC=CC(OC)C=3)cc1. The maximum Gasteiger partial charge on any atom is 0.156 e. The predicted molar refractivity (Wildman–Crippen MR) is 173 cm³/mol. The summed E-state index contributed by atoms with van der Waals surface area (Å²) >= 11 is 0. The van der Waals surface area contributed by atoms with E-state index < -0.39 is 0 Å². The summed E-state index contributed by atoms with van der Waals surface area (Å²) in [6.07, 6.45) is 10.3. The van der Waals surface area contributed by atoms with Crippen LogP contribution in [0.15, 0.2) is 60.7 Å². The molecule has 1 aliphatic carbocycles. The third-order valence-corrected chi connectivity index (χ3v) is 8.62. The molecule has 0 radical (unpaired) electrons. The van der Waals surface area contributed by atoms with Gasteiger partial charge in [-0.1, -0.05) is 30.4 Å². The quantitative estimate of drug-likeness (QED) is 0.359. The van der Waals surface area contributed by atoms with Crippen LogP contribution in [0.2, 0.25) is 0 Å². The molecule has 232 valence electrons. The summed E-state index contributed by atoms with van der Waals surface area (Å²) in [5.41, 5.74) is 3.15. The Morgan fingerprint density at radius 3 is 2.34 bits per heavy atom. The lowest BCUT2D eigenvalue weighted by Gasteiger charge is -2.32. The molecule has 1 N–H and O–H groups in total. The van der Waals surface area contributed by atoms with Crippen molar-refractivity contribution < 1.29 is 18.9 Å². The predicted octanol–water partition coefficient (Wildman–Crippen LogP) is 3.09. The van der Waals surface area contributed by atoms with E-state index >= 15 is 0 Å². The fourth-order valence-corrected chi connectivity index (χ4v) is 5.99. The summed E-state index contributed by atoms with van der Waals surface area (Å²) in [7, 11) is 3.40. The molecule has 1 aromatic heterocycles. The van der Waals surface area contributed by atoms with Crippen LogP contribution in [0.25, 0.3) is 23.4 Å². The smallest absolute Gasteiger partial charge is 0.156 e. The molecular weight excluding hydrogens is 554 g/mol. The number of anilines is 1. The number of morpholine rings is 1. The van der Waals surface area contributed by atoms with Gasteiger partial charge in [-0.25, -0.2) is 0 Å². The second-order valence-corrected chi connectivity index (χ2v) is 11.5. The molecule has 2 fully saturated rings. The fourth-order valence-electron chi connectivity index (χ4n) is 5.99. The molecule has 2 saturated heterocycles. The van der Waals surface area contributed by atoms with Gasteiger partial charge >= 0.3 is 0 Å². The minimum atomic E-state index is -0.135. The largest absolute Gasteiger partial charge is 0.497 e. The number of piperidine rings is 1. The number of rotatable bonds is 11. The lowest BCUT2D eigenvalue weighted by atomic mass is 10.0. The highest BCUT2D eigenvalue weighted by Crippen LogP contribution is 2.20. The van der Waals surface area contributed by atoms with E-state index in [4.69, 9.17) is 24.0 Å². The number of ether oxygens (including phenoxy) is 4. The van der Waals surface area contributed by atoms with Crippen LogP contribution < -0.4 is 25.2 Å². The van der Waals surface area contributed by atoms with Gasteiger partial charge in [0, 0.05) is 68.4 Å². The van der Waals surface area contributed by atoms with Crippen LogP contribution >= 0.6 is 0 Å². The Balaban J connectivity index is 1.06. The summed E-state index contributed by atoms with van der Waals surface area (Å²) in [5, 5.41) is 15.2. The molecule has 0 spiro atoms. The van der Waals surface area contributed by atoms with Crippen LogP contribution in [0.5, 0.6) is 11.5 Å². The summed E-state index contributed by atoms with van der Waals surface area (Å²) in [6.45, 7) is 8.25. The average Bonchev–Trinajstić information content (AvgIpc) is 3.30. The van der Waals surface area contributed by atoms with Crippen molar-refractivity contribution in [2.75, 3.05) is 72.1 Å². The van der Waals surface area contributed by atoms with Crippen LogP contribution in [-0.2, 0) is 16.0 Å². The molecule has 3 aromatic rings. The molecule has 2 aromatic carbocycles. The number of nitrogens with one attached hydrogen (secondary N) is 1. The van der Waals surface area contributed by atoms with Crippen molar-refractivity contribution in [3.05, 3.63) is 76.7 Å². The summed E-state index contributed by atoms with van der Waals surface area (Å²) in [6, 6.07) is 16.8. The summed E-state index contributed by atoms with van der Waals surface area (Å²) < 4.78 is 22.5. The number of methoxy groups -OCH3 is 2. The Morgan fingerprint density at radius 1 is 0.864 bits per heavy atom. The number of likely N-dealkylation sites (tertiary alicyclic amines) is 1. The van der Waals surface area contributed by atoms with Crippen LogP contribution in [0, 0.1) is 0 Å². The minimum absolute atomic E-state index is 0.135. The molecule has 9 heteroatoms. The molecule has 3 heterocycles. The minimum Gasteiger partial charge on any atom is -0.497 e. The molecule has 0 amide bonds. The monoisotopic (exact) mass is 597 g/mol. The first kappa shape index (κ1) is 30.3.